The lowest BCUT2D eigenvalue weighted by Gasteiger charge is -2.23. The molecular formula is C9H14O. The Kier molecular flexibility index (Phi) is 1.33. The van der Waals surface area contributed by atoms with Gasteiger partial charge in [0.15, 0.2) is 0 Å². The number of hydrogen-bond donors (Lipinski definition) is 0. The van der Waals surface area contributed by atoms with E-state index in [-0.39, 0.29) is 0 Å². The van der Waals surface area contributed by atoms with E-state index in [1.807, 2.05) is 0 Å². The van der Waals surface area contributed by atoms with Crippen LogP contribution in [0.25, 0.3) is 0 Å². The number of carbonyl (C=O) groups excluding carboxylic acids is 1. The molecule has 0 aromatic heterocycles. The van der Waals surface area contributed by atoms with E-state index in [9.17, 15) is 4.79 Å². The van der Waals surface area contributed by atoms with Crippen molar-refractivity contribution in [3.8, 4) is 0 Å². The number of carbonyl (C=O) groups is 1. The zero-order valence-corrected chi connectivity index (χ0v) is 6.47. The van der Waals surface area contributed by atoms with E-state index in [0.717, 1.165) is 12.3 Å². The maximum atomic E-state index is 11.3. The van der Waals surface area contributed by atoms with E-state index in [1.54, 1.807) is 0 Å². The first-order valence-electron chi connectivity index (χ1n) is 4.30. The monoisotopic (exact) mass is 138 g/mol. The van der Waals surface area contributed by atoms with Crippen LogP contribution in [0.2, 0.25) is 0 Å². The quantitative estimate of drug-likeness (QED) is 0.500. The maximum absolute atomic E-state index is 11.3. The van der Waals surface area contributed by atoms with Gasteiger partial charge in [0, 0.05) is 12.3 Å². The van der Waals surface area contributed by atoms with E-state index in [4.69, 9.17) is 0 Å². The highest BCUT2D eigenvalue weighted by atomic mass is 16.1. The van der Waals surface area contributed by atoms with Gasteiger partial charge in [-0.2, -0.15) is 0 Å². The molecule has 10 heavy (non-hydrogen) atoms. The van der Waals surface area contributed by atoms with Gasteiger partial charge in [0.1, 0.15) is 5.78 Å². The van der Waals surface area contributed by atoms with Crippen LogP contribution in [-0.4, -0.2) is 5.78 Å². The fourth-order valence-corrected chi connectivity index (χ4v) is 2.48. The molecule has 1 nitrogen and oxygen atoms in total. The Morgan fingerprint density at radius 1 is 1.40 bits per heavy atom. The van der Waals surface area contributed by atoms with Gasteiger partial charge >= 0.3 is 0 Å². The lowest BCUT2D eigenvalue weighted by Crippen LogP contribution is -2.23. The molecule has 2 aliphatic carbocycles. The first-order chi connectivity index (χ1) is 4.77. The summed E-state index contributed by atoms with van der Waals surface area (Å²) < 4.78 is 0. The number of rotatable bonds is 0. The van der Waals surface area contributed by atoms with E-state index < -0.39 is 0 Å². The molecule has 1 heteroatoms. The Morgan fingerprint density at radius 2 is 2.20 bits per heavy atom. The van der Waals surface area contributed by atoms with Crippen molar-refractivity contribution in [2.24, 2.45) is 17.8 Å². The molecule has 3 atom stereocenters. The molecule has 0 aliphatic heterocycles. The fourth-order valence-electron chi connectivity index (χ4n) is 2.48. The summed E-state index contributed by atoms with van der Waals surface area (Å²) in [7, 11) is 0. The van der Waals surface area contributed by atoms with Crippen molar-refractivity contribution in [2.45, 2.75) is 32.6 Å². The second-order valence-corrected chi connectivity index (χ2v) is 3.92. The third-order valence-electron chi connectivity index (χ3n) is 3.26. The normalized spacial score (nSPS) is 46.1. The minimum Gasteiger partial charge on any atom is -0.299 e. The van der Waals surface area contributed by atoms with Gasteiger partial charge in [0.25, 0.3) is 0 Å². The lowest BCUT2D eigenvalue weighted by molar-refractivity contribution is -0.125. The summed E-state index contributed by atoms with van der Waals surface area (Å²) in [4.78, 5) is 11.3. The van der Waals surface area contributed by atoms with Gasteiger partial charge in [-0.3, -0.25) is 4.79 Å². The zero-order valence-electron chi connectivity index (χ0n) is 6.47. The van der Waals surface area contributed by atoms with Crippen LogP contribution in [0.4, 0.5) is 0 Å². The first kappa shape index (κ1) is 6.38. The third kappa shape index (κ3) is 0.799. The van der Waals surface area contributed by atoms with E-state index >= 15 is 0 Å². The van der Waals surface area contributed by atoms with Gasteiger partial charge in [-0.1, -0.05) is 6.92 Å². The molecule has 2 rings (SSSR count). The van der Waals surface area contributed by atoms with Gasteiger partial charge in [0.05, 0.1) is 0 Å². The van der Waals surface area contributed by atoms with Crippen LogP contribution < -0.4 is 0 Å². The average molecular weight is 138 g/mol. The standard InChI is InChI=1S/C9H14O/c1-6-4-9(10)8-3-2-7(6)5-8/h6-8H,2-5H2,1H3/t6-,7+,8-/m1/s1. The molecule has 56 valence electrons. The Labute approximate surface area is 61.8 Å². The summed E-state index contributed by atoms with van der Waals surface area (Å²) in [6.45, 7) is 2.23. The second-order valence-electron chi connectivity index (χ2n) is 3.92. The van der Waals surface area contributed by atoms with Crippen molar-refractivity contribution in [3.05, 3.63) is 0 Å². The van der Waals surface area contributed by atoms with Crippen LogP contribution in [0.3, 0.4) is 0 Å². The summed E-state index contributed by atoms with van der Waals surface area (Å²) in [5.74, 6) is 2.59. The molecule has 0 aromatic carbocycles. The minimum absolute atomic E-state index is 0.473. The molecule has 0 aromatic rings. The molecule has 2 saturated carbocycles. The summed E-state index contributed by atoms with van der Waals surface area (Å²) in [5.41, 5.74) is 0. The smallest absolute Gasteiger partial charge is 0.136 e. The van der Waals surface area contributed by atoms with Crippen molar-refractivity contribution in [3.63, 3.8) is 0 Å². The van der Waals surface area contributed by atoms with Crippen LogP contribution in [0.5, 0.6) is 0 Å². The molecule has 0 heterocycles. The van der Waals surface area contributed by atoms with Crippen molar-refractivity contribution >= 4 is 5.78 Å². The molecule has 0 N–H and O–H groups in total. The topological polar surface area (TPSA) is 17.1 Å². The Hall–Kier alpha value is -0.330. The first-order valence-corrected chi connectivity index (χ1v) is 4.30. The van der Waals surface area contributed by atoms with Crippen molar-refractivity contribution in [2.75, 3.05) is 0 Å². The fraction of sp³-hybridized carbons (Fsp3) is 0.889. The van der Waals surface area contributed by atoms with Crippen molar-refractivity contribution in [1.82, 2.24) is 0 Å². The number of ketones is 1. The molecule has 2 aliphatic rings. The zero-order chi connectivity index (χ0) is 7.14. The maximum Gasteiger partial charge on any atom is 0.136 e. The van der Waals surface area contributed by atoms with Gasteiger partial charge in [0.2, 0.25) is 0 Å². The molecule has 0 spiro atoms. The van der Waals surface area contributed by atoms with Gasteiger partial charge in [-0.05, 0) is 31.1 Å². The minimum atomic E-state index is 0.473. The predicted molar refractivity (Wildman–Crippen MR) is 39.6 cm³/mol. The molecule has 0 radical (unpaired) electrons. The van der Waals surface area contributed by atoms with Crippen LogP contribution in [-0.2, 0) is 4.79 Å². The number of Topliss-reactive ketones (excluding diaryl/α,β-unsaturated/α-hetero) is 1. The Morgan fingerprint density at radius 3 is 3.00 bits per heavy atom. The average Bonchev–Trinajstić information content (AvgIpc) is 2.28. The molecule has 0 saturated heterocycles. The second kappa shape index (κ2) is 2.08. The van der Waals surface area contributed by atoms with Gasteiger partial charge < -0.3 is 0 Å². The van der Waals surface area contributed by atoms with Crippen LogP contribution in [0.1, 0.15) is 32.6 Å². The molecule has 2 fully saturated rings. The molecule has 2 bridgehead atoms. The summed E-state index contributed by atoms with van der Waals surface area (Å²) in [5, 5.41) is 0. The number of hydrogen-bond acceptors (Lipinski definition) is 1. The van der Waals surface area contributed by atoms with E-state index in [2.05, 4.69) is 6.92 Å². The number of fused-ring (bicyclic) bond motifs is 2. The van der Waals surface area contributed by atoms with Crippen LogP contribution >= 0.6 is 0 Å². The van der Waals surface area contributed by atoms with Gasteiger partial charge in [-0.25, -0.2) is 0 Å². The highest BCUT2D eigenvalue weighted by Crippen LogP contribution is 2.42. The van der Waals surface area contributed by atoms with Crippen LogP contribution in [0, 0.1) is 17.8 Å². The Bertz CT molecular complexity index is 162. The summed E-state index contributed by atoms with van der Waals surface area (Å²) in [6.07, 6.45) is 4.58. The lowest BCUT2D eigenvalue weighted by atomic mass is 9.80. The molecular weight excluding hydrogens is 124 g/mol. The SMILES string of the molecule is C[C@@H]1CC(=O)[C@@H]2CC[C@H]1C2. The van der Waals surface area contributed by atoms with Crippen LogP contribution in [0.15, 0.2) is 0 Å². The largest absolute Gasteiger partial charge is 0.299 e. The van der Waals surface area contributed by atoms with Gasteiger partial charge in [-0.15, -0.1) is 0 Å². The van der Waals surface area contributed by atoms with E-state index in [0.29, 0.717) is 17.6 Å². The predicted octanol–water partition coefficient (Wildman–Crippen LogP) is 2.01. The summed E-state index contributed by atoms with van der Waals surface area (Å²) in [6, 6.07) is 0. The highest BCUT2D eigenvalue weighted by Gasteiger charge is 2.38. The van der Waals surface area contributed by atoms with Crippen molar-refractivity contribution < 1.29 is 4.79 Å². The third-order valence-corrected chi connectivity index (χ3v) is 3.26. The highest BCUT2D eigenvalue weighted by molar-refractivity contribution is 5.82. The van der Waals surface area contributed by atoms with Crippen molar-refractivity contribution in [1.29, 1.82) is 0 Å². The van der Waals surface area contributed by atoms with E-state index in [1.165, 1.54) is 19.3 Å². The molecule has 0 amide bonds. The summed E-state index contributed by atoms with van der Waals surface area (Å²) >= 11 is 0. The molecule has 0 unspecified atom stereocenters. The Balaban J connectivity index is 2.16.